The lowest BCUT2D eigenvalue weighted by molar-refractivity contribution is 0.286. The second kappa shape index (κ2) is 8.18. The average Bonchev–Trinajstić information content (AvgIpc) is 2.93. The Morgan fingerprint density at radius 3 is 2.58 bits per heavy atom. The Balaban J connectivity index is 2.31. The molecule has 2 aromatic rings. The standard InChI is InChI=1S/C16H20ClNO4S2/c1-4-5-6-9-22-14-10-12(7-8-13(14)21-3)15-18-11(2)16(23-15)24(17,19)20/h7-8,10H,4-6,9H2,1-3H3. The first-order valence-corrected chi connectivity index (χ1v) is 10.7. The van der Waals surface area contributed by atoms with Crippen LogP contribution in [0.4, 0.5) is 0 Å². The minimum atomic E-state index is -3.79. The summed E-state index contributed by atoms with van der Waals surface area (Å²) in [6.07, 6.45) is 3.19. The highest BCUT2D eigenvalue weighted by Crippen LogP contribution is 2.37. The molecule has 1 aromatic carbocycles. The molecule has 0 radical (unpaired) electrons. The third-order valence-corrected chi connectivity index (χ3v) is 6.78. The van der Waals surface area contributed by atoms with Crippen molar-refractivity contribution in [2.75, 3.05) is 13.7 Å². The molecule has 0 spiro atoms. The third kappa shape index (κ3) is 4.62. The number of hydrogen-bond acceptors (Lipinski definition) is 6. The zero-order chi connectivity index (χ0) is 17.7. The highest BCUT2D eigenvalue weighted by Gasteiger charge is 2.20. The molecule has 0 aliphatic rings. The Bertz CT molecular complexity index is 802. The van der Waals surface area contributed by atoms with E-state index in [9.17, 15) is 8.42 Å². The molecule has 1 heterocycles. The van der Waals surface area contributed by atoms with E-state index in [1.54, 1.807) is 20.1 Å². The lowest BCUT2D eigenvalue weighted by Crippen LogP contribution is -1.99. The van der Waals surface area contributed by atoms with E-state index in [0.29, 0.717) is 28.8 Å². The number of unbranched alkanes of at least 4 members (excludes halogenated alkanes) is 2. The highest BCUT2D eigenvalue weighted by molar-refractivity contribution is 8.15. The van der Waals surface area contributed by atoms with E-state index in [1.807, 2.05) is 12.1 Å². The lowest BCUT2D eigenvalue weighted by atomic mass is 10.2. The largest absolute Gasteiger partial charge is 0.493 e. The van der Waals surface area contributed by atoms with Gasteiger partial charge in [0.25, 0.3) is 9.05 Å². The Morgan fingerprint density at radius 2 is 2.00 bits per heavy atom. The van der Waals surface area contributed by atoms with Gasteiger partial charge in [-0.2, -0.15) is 0 Å². The van der Waals surface area contributed by atoms with Crippen molar-refractivity contribution in [1.29, 1.82) is 0 Å². The molecule has 0 fully saturated rings. The van der Waals surface area contributed by atoms with Crippen LogP contribution in [0.1, 0.15) is 31.9 Å². The van der Waals surface area contributed by atoms with Crippen molar-refractivity contribution in [3.8, 4) is 22.1 Å². The summed E-state index contributed by atoms with van der Waals surface area (Å²) in [5.74, 6) is 1.25. The van der Waals surface area contributed by atoms with Crippen molar-refractivity contribution in [3.63, 3.8) is 0 Å². The zero-order valence-electron chi connectivity index (χ0n) is 13.8. The van der Waals surface area contributed by atoms with Gasteiger partial charge in [-0.05, 0) is 31.5 Å². The van der Waals surface area contributed by atoms with Gasteiger partial charge in [0.1, 0.15) is 5.01 Å². The molecule has 5 nitrogen and oxygen atoms in total. The summed E-state index contributed by atoms with van der Waals surface area (Å²) >= 11 is 1.05. The number of nitrogens with zero attached hydrogens (tertiary/aromatic N) is 1. The predicted molar refractivity (Wildman–Crippen MR) is 96.9 cm³/mol. The van der Waals surface area contributed by atoms with E-state index >= 15 is 0 Å². The summed E-state index contributed by atoms with van der Waals surface area (Å²) < 4.78 is 34.3. The summed E-state index contributed by atoms with van der Waals surface area (Å²) in [6, 6.07) is 5.42. The fourth-order valence-electron chi connectivity index (χ4n) is 2.19. The number of ether oxygens (including phenoxy) is 2. The van der Waals surface area contributed by atoms with Crippen molar-refractivity contribution in [3.05, 3.63) is 23.9 Å². The summed E-state index contributed by atoms with van der Waals surface area (Å²) in [6.45, 7) is 4.36. The maximum Gasteiger partial charge on any atom is 0.272 e. The molecule has 132 valence electrons. The van der Waals surface area contributed by atoms with E-state index in [2.05, 4.69) is 11.9 Å². The average molecular weight is 390 g/mol. The molecule has 8 heteroatoms. The first kappa shape index (κ1) is 19.0. The van der Waals surface area contributed by atoms with E-state index < -0.39 is 9.05 Å². The Hall–Kier alpha value is -1.31. The number of thiazole rings is 1. The fraction of sp³-hybridized carbons (Fsp3) is 0.438. The Kier molecular flexibility index (Phi) is 6.48. The molecular formula is C16H20ClNO4S2. The molecule has 0 amide bonds. The van der Waals surface area contributed by atoms with Crippen molar-refractivity contribution < 1.29 is 17.9 Å². The van der Waals surface area contributed by atoms with Crippen LogP contribution >= 0.6 is 22.0 Å². The van der Waals surface area contributed by atoms with Gasteiger partial charge in [-0.3, -0.25) is 0 Å². The van der Waals surface area contributed by atoms with Crippen LogP contribution in [0.25, 0.3) is 10.6 Å². The van der Waals surface area contributed by atoms with Gasteiger partial charge in [-0.1, -0.05) is 19.8 Å². The van der Waals surface area contributed by atoms with Crippen LogP contribution in [-0.2, 0) is 9.05 Å². The number of rotatable bonds is 8. The minimum absolute atomic E-state index is 0.0698. The second-order valence-electron chi connectivity index (χ2n) is 5.25. The van der Waals surface area contributed by atoms with Gasteiger partial charge in [0.15, 0.2) is 15.7 Å². The van der Waals surface area contributed by atoms with Crippen molar-refractivity contribution in [2.24, 2.45) is 0 Å². The Morgan fingerprint density at radius 1 is 1.25 bits per heavy atom. The summed E-state index contributed by atoms with van der Waals surface area (Å²) in [4.78, 5) is 4.31. The first-order valence-electron chi connectivity index (χ1n) is 7.60. The summed E-state index contributed by atoms with van der Waals surface area (Å²) in [5, 5.41) is 0.577. The van der Waals surface area contributed by atoms with Crippen LogP contribution in [-0.4, -0.2) is 27.1 Å². The van der Waals surface area contributed by atoms with Gasteiger partial charge in [-0.15, -0.1) is 11.3 Å². The molecule has 1 aromatic heterocycles. The highest BCUT2D eigenvalue weighted by atomic mass is 35.7. The number of aromatic nitrogens is 1. The molecule has 0 aliphatic carbocycles. The van der Waals surface area contributed by atoms with Crippen LogP contribution in [0.3, 0.4) is 0 Å². The number of hydrogen-bond donors (Lipinski definition) is 0. The molecule has 24 heavy (non-hydrogen) atoms. The van der Waals surface area contributed by atoms with Gasteiger partial charge < -0.3 is 9.47 Å². The molecule has 0 saturated carbocycles. The topological polar surface area (TPSA) is 65.5 Å². The van der Waals surface area contributed by atoms with Crippen LogP contribution in [0.5, 0.6) is 11.5 Å². The second-order valence-corrected chi connectivity index (χ2v) is 9.01. The molecule has 0 unspecified atom stereocenters. The van der Waals surface area contributed by atoms with Gasteiger partial charge >= 0.3 is 0 Å². The monoisotopic (exact) mass is 389 g/mol. The fourth-order valence-corrected chi connectivity index (χ4v) is 4.64. The first-order chi connectivity index (χ1) is 11.4. The third-order valence-electron chi connectivity index (χ3n) is 3.39. The molecular weight excluding hydrogens is 370 g/mol. The molecule has 0 atom stereocenters. The number of benzene rings is 1. The maximum atomic E-state index is 11.6. The van der Waals surface area contributed by atoms with E-state index in [1.165, 1.54) is 0 Å². The summed E-state index contributed by atoms with van der Waals surface area (Å²) in [7, 11) is 3.23. The maximum absolute atomic E-state index is 11.6. The number of halogens is 1. The van der Waals surface area contributed by atoms with Gasteiger partial charge in [0.05, 0.1) is 19.4 Å². The number of methoxy groups -OCH3 is 1. The van der Waals surface area contributed by atoms with E-state index in [0.717, 1.165) is 36.2 Å². The lowest BCUT2D eigenvalue weighted by Gasteiger charge is -2.11. The van der Waals surface area contributed by atoms with Crippen molar-refractivity contribution >= 4 is 31.1 Å². The van der Waals surface area contributed by atoms with Crippen molar-refractivity contribution in [1.82, 2.24) is 4.98 Å². The van der Waals surface area contributed by atoms with E-state index in [4.69, 9.17) is 20.2 Å². The minimum Gasteiger partial charge on any atom is -0.493 e. The summed E-state index contributed by atoms with van der Waals surface area (Å²) in [5.41, 5.74) is 1.16. The molecule has 0 aliphatic heterocycles. The molecule has 2 rings (SSSR count). The molecule has 0 bridgehead atoms. The normalized spacial score (nSPS) is 11.5. The number of aryl methyl sites for hydroxylation is 1. The zero-order valence-corrected chi connectivity index (χ0v) is 16.2. The molecule has 0 N–H and O–H groups in total. The Labute approximate surface area is 151 Å². The van der Waals surface area contributed by atoms with Crippen molar-refractivity contribution in [2.45, 2.75) is 37.3 Å². The SMILES string of the molecule is CCCCCOc1cc(-c2nc(C)c(S(=O)(=O)Cl)s2)ccc1OC. The van der Waals surface area contributed by atoms with E-state index in [-0.39, 0.29) is 4.21 Å². The van der Waals surface area contributed by atoms with Crippen LogP contribution in [0.2, 0.25) is 0 Å². The van der Waals surface area contributed by atoms with Gasteiger partial charge in [0, 0.05) is 16.2 Å². The van der Waals surface area contributed by atoms with Gasteiger partial charge in [-0.25, -0.2) is 13.4 Å². The molecule has 0 saturated heterocycles. The quantitative estimate of drug-likeness (QED) is 0.486. The van der Waals surface area contributed by atoms with Crippen LogP contribution < -0.4 is 9.47 Å². The predicted octanol–water partition coefficient (Wildman–Crippen LogP) is 4.62. The smallest absolute Gasteiger partial charge is 0.272 e. The van der Waals surface area contributed by atoms with Crippen LogP contribution in [0, 0.1) is 6.92 Å². The van der Waals surface area contributed by atoms with Crippen LogP contribution in [0.15, 0.2) is 22.4 Å². The van der Waals surface area contributed by atoms with Gasteiger partial charge in [0.2, 0.25) is 0 Å².